The zero-order valence-corrected chi connectivity index (χ0v) is 12.1. The molecule has 0 fully saturated rings. The lowest BCUT2D eigenvalue weighted by atomic mass is 10.2. The number of aromatic hydroxyl groups is 1. The molecular formula is C15H15N3O4. The van der Waals surface area contributed by atoms with E-state index in [9.17, 15) is 15.2 Å². The molecule has 22 heavy (non-hydrogen) atoms. The van der Waals surface area contributed by atoms with Crippen molar-refractivity contribution in [2.75, 3.05) is 12.5 Å². The zero-order chi connectivity index (χ0) is 16.1. The van der Waals surface area contributed by atoms with E-state index in [1.807, 2.05) is 31.2 Å². The van der Waals surface area contributed by atoms with Gasteiger partial charge in [0.15, 0.2) is 5.75 Å². The monoisotopic (exact) mass is 301 g/mol. The first-order valence-corrected chi connectivity index (χ1v) is 6.42. The summed E-state index contributed by atoms with van der Waals surface area (Å²) in [5.41, 5.74) is 4.74. The van der Waals surface area contributed by atoms with Gasteiger partial charge in [0, 0.05) is 11.6 Å². The molecule has 0 aliphatic heterocycles. The molecule has 2 N–H and O–H groups in total. The molecule has 7 nitrogen and oxygen atoms in total. The number of rotatable bonds is 5. The average molecular weight is 301 g/mol. The van der Waals surface area contributed by atoms with E-state index in [2.05, 4.69) is 10.5 Å². The van der Waals surface area contributed by atoms with E-state index in [1.54, 1.807) is 0 Å². The van der Waals surface area contributed by atoms with Crippen molar-refractivity contribution in [2.24, 2.45) is 5.10 Å². The van der Waals surface area contributed by atoms with Crippen molar-refractivity contribution >= 4 is 17.6 Å². The maximum Gasteiger partial charge on any atom is 0.315 e. The third kappa shape index (κ3) is 3.51. The minimum atomic E-state index is -0.678. The van der Waals surface area contributed by atoms with Crippen molar-refractivity contribution in [3.05, 3.63) is 57.6 Å². The number of methoxy groups -OCH3 is 1. The summed E-state index contributed by atoms with van der Waals surface area (Å²) in [7, 11) is 1.32. The molecule has 0 aliphatic carbocycles. The van der Waals surface area contributed by atoms with Crippen LogP contribution in [0.2, 0.25) is 0 Å². The van der Waals surface area contributed by atoms with E-state index in [4.69, 9.17) is 4.74 Å². The summed E-state index contributed by atoms with van der Waals surface area (Å²) in [6.45, 7) is 1.98. The number of benzene rings is 2. The van der Waals surface area contributed by atoms with Gasteiger partial charge in [-0.05, 0) is 25.1 Å². The average Bonchev–Trinajstić information content (AvgIpc) is 2.50. The lowest BCUT2D eigenvalue weighted by molar-refractivity contribution is -0.386. The molecule has 0 saturated heterocycles. The number of hydrogen-bond donors (Lipinski definition) is 2. The highest BCUT2D eigenvalue weighted by Gasteiger charge is 2.19. The minimum absolute atomic E-state index is 0.0194. The molecule has 0 bridgehead atoms. The lowest BCUT2D eigenvalue weighted by Gasteiger charge is -2.05. The fourth-order valence-corrected chi connectivity index (χ4v) is 1.79. The largest absolute Gasteiger partial charge is 0.500 e. The van der Waals surface area contributed by atoms with Crippen LogP contribution in [-0.4, -0.2) is 23.4 Å². The van der Waals surface area contributed by atoms with Crippen LogP contribution in [0.25, 0.3) is 0 Å². The molecule has 2 aromatic rings. The molecule has 0 saturated carbocycles. The second-order valence-electron chi connectivity index (χ2n) is 4.58. The second-order valence-corrected chi connectivity index (χ2v) is 4.58. The summed E-state index contributed by atoms with van der Waals surface area (Å²) in [6, 6.07) is 10.3. The number of hydrogen-bond acceptors (Lipinski definition) is 6. The first-order chi connectivity index (χ1) is 10.5. The van der Waals surface area contributed by atoms with Gasteiger partial charge in [0.25, 0.3) is 0 Å². The molecule has 0 spiro atoms. The highest BCUT2D eigenvalue weighted by atomic mass is 16.6. The Morgan fingerprint density at radius 2 is 2.00 bits per heavy atom. The number of phenolic OH excluding ortho intramolecular Hbond substituents is 1. The summed E-state index contributed by atoms with van der Waals surface area (Å²) in [5, 5.41) is 24.6. The SMILES string of the molecule is COc1cc(/C=N/Nc2ccc(C)cc2)cc([N+](=O)[O-])c1O. The van der Waals surface area contributed by atoms with E-state index in [1.165, 1.54) is 25.5 Å². The van der Waals surface area contributed by atoms with Gasteiger partial charge in [-0.25, -0.2) is 0 Å². The van der Waals surface area contributed by atoms with Gasteiger partial charge in [0.1, 0.15) is 0 Å². The predicted octanol–water partition coefficient (Wildman–Crippen LogP) is 3.06. The van der Waals surface area contributed by atoms with Crippen molar-refractivity contribution in [1.29, 1.82) is 0 Å². The Labute approximate surface area is 127 Å². The van der Waals surface area contributed by atoms with Crippen molar-refractivity contribution in [2.45, 2.75) is 6.92 Å². The number of nitro benzene ring substituents is 1. The molecule has 114 valence electrons. The third-order valence-electron chi connectivity index (χ3n) is 2.95. The first-order valence-electron chi connectivity index (χ1n) is 6.42. The Hall–Kier alpha value is -3.09. The van der Waals surface area contributed by atoms with Crippen LogP contribution in [0.4, 0.5) is 11.4 Å². The molecule has 2 rings (SSSR count). The number of nitrogens with one attached hydrogen (secondary N) is 1. The van der Waals surface area contributed by atoms with E-state index >= 15 is 0 Å². The second kappa shape index (κ2) is 6.57. The maximum atomic E-state index is 10.9. The van der Waals surface area contributed by atoms with Crippen LogP contribution in [0.3, 0.4) is 0 Å². The van der Waals surface area contributed by atoms with E-state index in [0.29, 0.717) is 5.56 Å². The van der Waals surface area contributed by atoms with Crippen molar-refractivity contribution < 1.29 is 14.8 Å². The number of nitro groups is 1. The number of nitrogens with zero attached hydrogens (tertiary/aromatic N) is 2. The van der Waals surface area contributed by atoms with Gasteiger partial charge in [0.2, 0.25) is 5.75 Å². The van der Waals surface area contributed by atoms with Crippen LogP contribution >= 0.6 is 0 Å². The fourth-order valence-electron chi connectivity index (χ4n) is 1.79. The number of hydrazone groups is 1. The van der Waals surface area contributed by atoms with Gasteiger partial charge < -0.3 is 9.84 Å². The summed E-state index contributed by atoms with van der Waals surface area (Å²) in [4.78, 5) is 10.2. The quantitative estimate of drug-likeness (QED) is 0.502. The van der Waals surface area contributed by atoms with Gasteiger partial charge in [-0.3, -0.25) is 15.5 Å². The van der Waals surface area contributed by atoms with Gasteiger partial charge in [-0.15, -0.1) is 0 Å². The number of anilines is 1. The fraction of sp³-hybridized carbons (Fsp3) is 0.133. The standard InChI is InChI=1S/C15H15N3O4/c1-10-3-5-12(6-4-10)17-16-9-11-7-13(18(20)21)15(19)14(8-11)22-2/h3-9,17,19H,1-2H3/b16-9+. The highest BCUT2D eigenvalue weighted by molar-refractivity contribution is 5.83. The minimum Gasteiger partial charge on any atom is -0.500 e. The molecule has 0 radical (unpaired) electrons. The van der Waals surface area contributed by atoms with Crippen molar-refractivity contribution in [3.8, 4) is 11.5 Å². The van der Waals surface area contributed by atoms with E-state index in [0.717, 1.165) is 11.3 Å². The molecule has 0 atom stereocenters. The van der Waals surface area contributed by atoms with Crippen LogP contribution in [0.5, 0.6) is 11.5 Å². The Morgan fingerprint density at radius 1 is 1.32 bits per heavy atom. The molecule has 0 amide bonds. The summed E-state index contributed by atoms with van der Waals surface area (Å²) in [5.74, 6) is -0.484. The van der Waals surface area contributed by atoms with E-state index in [-0.39, 0.29) is 5.75 Å². The Kier molecular flexibility index (Phi) is 4.57. The number of phenols is 1. The molecule has 0 aliphatic rings. The van der Waals surface area contributed by atoms with Gasteiger partial charge >= 0.3 is 5.69 Å². The van der Waals surface area contributed by atoms with E-state index < -0.39 is 16.4 Å². The summed E-state index contributed by atoms with van der Waals surface area (Å²) >= 11 is 0. The first kappa shape index (κ1) is 15.3. The Morgan fingerprint density at radius 3 is 2.59 bits per heavy atom. The van der Waals surface area contributed by atoms with Crippen LogP contribution in [0.15, 0.2) is 41.5 Å². The zero-order valence-electron chi connectivity index (χ0n) is 12.1. The number of ether oxygens (including phenoxy) is 1. The molecule has 0 heterocycles. The topological polar surface area (TPSA) is 97.0 Å². The van der Waals surface area contributed by atoms with Crippen LogP contribution in [-0.2, 0) is 0 Å². The number of aryl methyl sites for hydroxylation is 1. The highest BCUT2D eigenvalue weighted by Crippen LogP contribution is 2.36. The normalized spacial score (nSPS) is 10.6. The van der Waals surface area contributed by atoms with Gasteiger partial charge in [-0.2, -0.15) is 5.10 Å². The van der Waals surface area contributed by atoms with Crippen LogP contribution in [0.1, 0.15) is 11.1 Å². The molecule has 0 aromatic heterocycles. The molecule has 2 aromatic carbocycles. The molecule has 7 heteroatoms. The Balaban J connectivity index is 2.21. The Bertz CT molecular complexity index is 711. The molecular weight excluding hydrogens is 286 g/mol. The van der Waals surface area contributed by atoms with Gasteiger partial charge in [-0.1, -0.05) is 17.7 Å². The maximum absolute atomic E-state index is 10.9. The smallest absolute Gasteiger partial charge is 0.315 e. The summed E-state index contributed by atoms with van der Waals surface area (Å²) in [6.07, 6.45) is 1.41. The summed E-state index contributed by atoms with van der Waals surface area (Å²) < 4.78 is 4.92. The van der Waals surface area contributed by atoms with Crippen molar-refractivity contribution in [3.63, 3.8) is 0 Å². The lowest BCUT2D eigenvalue weighted by Crippen LogP contribution is -1.96. The van der Waals surface area contributed by atoms with Crippen molar-refractivity contribution in [1.82, 2.24) is 0 Å². The van der Waals surface area contributed by atoms with Gasteiger partial charge in [0.05, 0.1) is 23.9 Å². The molecule has 0 unspecified atom stereocenters. The predicted molar refractivity (Wildman–Crippen MR) is 83.7 cm³/mol. The van der Waals surface area contributed by atoms with Crippen LogP contribution in [0, 0.1) is 17.0 Å². The van der Waals surface area contributed by atoms with Crippen LogP contribution < -0.4 is 10.2 Å². The third-order valence-corrected chi connectivity index (χ3v) is 2.95.